The summed E-state index contributed by atoms with van der Waals surface area (Å²) in [4.78, 5) is 11.8. The molecular weight excluding hydrogens is 242 g/mol. The second-order valence-corrected chi connectivity index (χ2v) is 4.29. The van der Waals surface area contributed by atoms with Gasteiger partial charge in [-0.15, -0.1) is 0 Å². The number of nitrogens with one attached hydrogen (secondary N) is 1. The molecule has 0 saturated carbocycles. The van der Waals surface area contributed by atoms with E-state index in [0.717, 1.165) is 11.1 Å². The molecule has 5 nitrogen and oxygen atoms in total. The third-order valence-corrected chi connectivity index (χ3v) is 3.06. The highest BCUT2D eigenvalue weighted by Gasteiger charge is 2.12. The zero-order valence-corrected chi connectivity index (χ0v) is 10.6. The molecule has 3 aromatic rings. The highest BCUT2D eigenvalue weighted by molar-refractivity contribution is 5.80. The van der Waals surface area contributed by atoms with Crippen LogP contribution in [0.25, 0.3) is 22.6 Å². The summed E-state index contributed by atoms with van der Waals surface area (Å²) in [6.45, 7) is 1.98. The van der Waals surface area contributed by atoms with Crippen LogP contribution in [0.3, 0.4) is 0 Å². The standard InChI is InChI=1S/C14H13N3O2/c1-8-5-6-15-14-12(8)16-13(17-14)10-7-9(19-2)3-4-11(10)18/h3-7,18H,1-2H3,(H,15,16,17). The van der Waals surface area contributed by atoms with Gasteiger partial charge in [-0.1, -0.05) is 0 Å². The number of nitrogens with zero attached hydrogens (tertiary/aromatic N) is 2. The molecule has 0 radical (unpaired) electrons. The first-order valence-electron chi connectivity index (χ1n) is 5.88. The summed E-state index contributed by atoms with van der Waals surface area (Å²) >= 11 is 0. The minimum atomic E-state index is 0.150. The predicted octanol–water partition coefficient (Wildman–Crippen LogP) is 2.65. The van der Waals surface area contributed by atoms with E-state index in [2.05, 4.69) is 15.0 Å². The van der Waals surface area contributed by atoms with Crippen LogP contribution in [0.1, 0.15) is 5.56 Å². The molecule has 0 aliphatic rings. The molecule has 3 rings (SSSR count). The Morgan fingerprint density at radius 3 is 2.84 bits per heavy atom. The SMILES string of the molecule is COc1ccc(O)c(-c2nc3nccc(C)c3[nH]2)c1. The topological polar surface area (TPSA) is 71.0 Å². The van der Waals surface area contributed by atoms with Crippen LogP contribution < -0.4 is 4.74 Å². The lowest BCUT2D eigenvalue weighted by Crippen LogP contribution is -1.86. The molecule has 0 unspecified atom stereocenters. The fraction of sp³-hybridized carbons (Fsp3) is 0.143. The monoisotopic (exact) mass is 255 g/mol. The Morgan fingerprint density at radius 1 is 1.26 bits per heavy atom. The number of aromatic nitrogens is 3. The number of hydrogen-bond acceptors (Lipinski definition) is 4. The number of rotatable bonds is 2. The summed E-state index contributed by atoms with van der Waals surface area (Å²) in [7, 11) is 1.58. The van der Waals surface area contributed by atoms with E-state index in [-0.39, 0.29) is 5.75 Å². The zero-order valence-electron chi connectivity index (χ0n) is 10.6. The van der Waals surface area contributed by atoms with Crippen molar-refractivity contribution in [2.75, 3.05) is 7.11 Å². The molecular formula is C14H13N3O2. The third-order valence-electron chi connectivity index (χ3n) is 3.06. The fourth-order valence-corrected chi connectivity index (χ4v) is 1.99. The van der Waals surface area contributed by atoms with Gasteiger partial charge in [-0.05, 0) is 36.8 Å². The number of H-pyrrole nitrogens is 1. The van der Waals surface area contributed by atoms with Crippen molar-refractivity contribution in [1.29, 1.82) is 0 Å². The number of aromatic amines is 1. The number of methoxy groups -OCH3 is 1. The number of hydrogen-bond donors (Lipinski definition) is 2. The fourth-order valence-electron chi connectivity index (χ4n) is 1.99. The minimum Gasteiger partial charge on any atom is -0.507 e. The highest BCUT2D eigenvalue weighted by Crippen LogP contribution is 2.32. The van der Waals surface area contributed by atoms with Crippen LogP contribution in [0.4, 0.5) is 0 Å². The molecule has 19 heavy (non-hydrogen) atoms. The van der Waals surface area contributed by atoms with Gasteiger partial charge in [0.1, 0.15) is 17.3 Å². The number of phenolic OH excluding ortho intramolecular Hbond substituents is 1. The van der Waals surface area contributed by atoms with Gasteiger partial charge < -0.3 is 14.8 Å². The quantitative estimate of drug-likeness (QED) is 0.738. The van der Waals surface area contributed by atoms with E-state index >= 15 is 0 Å². The lowest BCUT2D eigenvalue weighted by atomic mass is 10.2. The van der Waals surface area contributed by atoms with Crippen molar-refractivity contribution in [1.82, 2.24) is 15.0 Å². The number of fused-ring (bicyclic) bond motifs is 1. The summed E-state index contributed by atoms with van der Waals surface area (Å²) in [6, 6.07) is 6.94. The normalized spacial score (nSPS) is 10.8. The van der Waals surface area contributed by atoms with Crippen LogP contribution in [0, 0.1) is 6.92 Å². The van der Waals surface area contributed by atoms with E-state index in [1.807, 2.05) is 13.0 Å². The van der Waals surface area contributed by atoms with Crippen LogP contribution >= 0.6 is 0 Å². The maximum Gasteiger partial charge on any atom is 0.178 e. The number of benzene rings is 1. The molecule has 2 N–H and O–H groups in total. The molecule has 2 aromatic heterocycles. The summed E-state index contributed by atoms with van der Waals surface area (Å²) < 4.78 is 5.16. The van der Waals surface area contributed by atoms with Crippen molar-refractivity contribution in [2.45, 2.75) is 6.92 Å². The van der Waals surface area contributed by atoms with E-state index in [9.17, 15) is 5.11 Å². The van der Waals surface area contributed by atoms with Crippen molar-refractivity contribution in [3.05, 3.63) is 36.0 Å². The number of ether oxygens (including phenoxy) is 1. The maximum atomic E-state index is 9.94. The Kier molecular flexibility index (Phi) is 2.59. The van der Waals surface area contributed by atoms with Gasteiger partial charge in [0.05, 0.1) is 18.2 Å². The molecule has 0 amide bonds. The summed E-state index contributed by atoms with van der Waals surface area (Å²) in [6.07, 6.45) is 1.72. The van der Waals surface area contributed by atoms with E-state index < -0.39 is 0 Å². The second-order valence-electron chi connectivity index (χ2n) is 4.29. The van der Waals surface area contributed by atoms with Gasteiger partial charge in [-0.3, -0.25) is 0 Å². The molecule has 96 valence electrons. The van der Waals surface area contributed by atoms with Gasteiger partial charge >= 0.3 is 0 Å². The Balaban J connectivity index is 2.21. The molecule has 0 aliphatic heterocycles. The zero-order chi connectivity index (χ0) is 13.4. The number of aryl methyl sites for hydroxylation is 1. The molecule has 1 aromatic carbocycles. The molecule has 2 heterocycles. The lowest BCUT2D eigenvalue weighted by Gasteiger charge is -2.04. The van der Waals surface area contributed by atoms with Crippen LogP contribution in [0.2, 0.25) is 0 Å². The van der Waals surface area contributed by atoms with E-state index in [1.54, 1.807) is 31.5 Å². The first-order chi connectivity index (χ1) is 9.19. The molecule has 0 fully saturated rings. The average Bonchev–Trinajstić information content (AvgIpc) is 2.84. The largest absolute Gasteiger partial charge is 0.507 e. The van der Waals surface area contributed by atoms with Crippen LogP contribution in [-0.2, 0) is 0 Å². The molecule has 0 aliphatic carbocycles. The minimum absolute atomic E-state index is 0.150. The molecule has 0 spiro atoms. The van der Waals surface area contributed by atoms with Gasteiger partial charge in [0.15, 0.2) is 5.65 Å². The number of phenols is 1. The summed E-state index contributed by atoms with van der Waals surface area (Å²) in [5, 5.41) is 9.94. The lowest BCUT2D eigenvalue weighted by molar-refractivity contribution is 0.412. The molecule has 0 atom stereocenters. The van der Waals surface area contributed by atoms with Crippen molar-refractivity contribution >= 4 is 11.2 Å². The number of imidazole rings is 1. The van der Waals surface area contributed by atoms with Gasteiger partial charge in [0.2, 0.25) is 0 Å². The maximum absolute atomic E-state index is 9.94. The van der Waals surface area contributed by atoms with Crippen molar-refractivity contribution in [3.63, 3.8) is 0 Å². The predicted molar refractivity (Wildman–Crippen MR) is 72.3 cm³/mol. The molecule has 5 heteroatoms. The smallest absolute Gasteiger partial charge is 0.178 e. The molecule has 0 bridgehead atoms. The first kappa shape index (κ1) is 11.5. The van der Waals surface area contributed by atoms with Gasteiger partial charge in [-0.25, -0.2) is 9.97 Å². The third kappa shape index (κ3) is 1.89. The Labute approximate surface area is 109 Å². The van der Waals surface area contributed by atoms with Gasteiger partial charge in [-0.2, -0.15) is 0 Å². The van der Waals surface area contributed by atoms with Gasteiger partial charge in [0.25, 0.3) is 0 Å². The Morgan fingerprint density at radius 2 is 2.11 bits per heavy atom. The average molecular weight is 255 g/mol. The Bertz CT molecular complexity index is 750. The van der Waals surface area contributed by atoms with E-state index in [0.29, 0.717) is 22.8 Å². The van der Waals surface area contributed by atoms with Crippen LogP contribution in [-0.4, -0.2) is 27.2 Å². The van der Waals surface area contributed by atoms with Crippen molar-refractivity contribution in [3.8, 4) is 22.9 Å². The number of aromatic hydroxyl groups is 1. The van der Waals surface area contributed by atoms with E-state index in [1.165, 1.54) is 0 Å². The molecule has 0 saturated heterocycles. The highest BCUT2D eigenvalue weighted by atomic mass is 16.5. The first-order valence-corrected chi connectivity index (χ1v) is 5.88. The van der Waals surface area contributed by atoms with Crippen molar-refractivity contribution in [2.24, 2.45) is 0 Å². The second kappa shape index (κ2) is 4.28. The van der Waals surface area contributed by atoms with Crippen molar-refractivity contribution < 1.29 is 9.84 Å². The van der Waals surface area contributed by atoms with E-state index in [4.69, 9.17) is 4.74 Å². The Hall–Kier alpha value is -2.56. The summed E-state index contributed by atoms with van der Waals surface area (Å²) in [5.41, 5.74) is 3.17. The van der Waals surface area contributed by atoms with Gasteiger partial charge in [0, 0.05) is 6.20 Å². The van der Waals surface area contributed by atoms with Crippen LogP contribution in [0.15, 0.2) is 30.5 Å². The number of pyridine rings is 1. The summed E-state index contributed by atoms with van der Waals surface area (Å²) in [5.74, 6) is 1.39. The van der Waals surface area contributed by atoms with Crippen LogP contribution in [0.5, 0.6) is 11.5 Å².